The zero-order valence-corrected chi connectivity index (χ0v) is 23.6. The first-order valence-corrected chi connectivity index (χ1v) is 14.1. The Morgan fingerprint density at radius 2 is 1.62 bits per heavy atom. The predicted molar refractivity (Wildman–Crippen MR) is 163 cm³/mol. The minimum absolute atomic E-state index is 0.0401. The number of ether oxygens (including phenoxy) is 1. The Kier molecular flexibility index (Phi) is 8.72. The molecule has 0 unspecified atom stereocenters. The summed E-state index contributed by atoms with van der Waals surface area (Å²) >= 11 is 13.5. The predicted octanol–water partition coefficient (Wildman–Crippen LogP) is 8.73. The Balaban J connectivity index is 1.32. The van der Waals surface area contributed by atoms with Crippen LogP contribution in [0, 0.1) is 6.92 Å². The number of amidine groups is 1. The second kappa shape index (κ2) is 12.6. The average Bonchev–Trinajstić information content (AvgIpc) is 3.24. The van der Waals surface area contributed by atoms with Gasteiger partial charge in [-0.25, -0.2) is 4.99 Å². The molecule has 5 rings (SSSR count). The molecule has 1 aliphatic heterocycles. The molecule has 1 fully saturated rings. The van der Waals surface area contributed by atoms with Crippen molar-refractivity contribution in [3.05, 3.63) is 134 Å². The molecular weight excluding hydrogens is 547 g/mol. The maximum Gasteiger partial charge on any atom is 0.266 e. The van der Waals surface area contributed by atoms with E-state index in [0.717, 1.165) is 29.0 Å². The van der Waals surface area contributed by atoms with E-state index in [0.29, 0.717) is 33.3 Å². The summed E-state index contributed by atoms with van der Waals surface area (Å²) in [5.74, 6) is 0.682. The topological polar surface area (TPSA) is 41.9 Å². The second-order valence-electron chi connectivity index (χ2n) is 9.14. The third-order valence-electron chi connectivity index (χ3n) is 6.18. The lowest BCUT2D eigenvalue weighted by Crippen LogP contribution is -2.31. The molecule has 1 heterocycles. The zero-order chi connectivity index (χ0) is 27.2. The van der Waals surface area contributed by atoms with Crippen LogP contribution in [0.5, 0.6) is 5.75 Å². The van der Waals surface area contributed by atoms with E-state index in [1.807, 2.05) is 85.8 Å². The quantitative estimate of drug-likeness (QED) is 0.198. The molecule has 4 aromatic carbocycles. The summed E-state index contributed by atoms with van der Waals surface area (Å²) in [6.07, 6.45) is 2.65. The molecule has 0 N–H and O–H groups in total. The molecule has 0 saturated carbocycles. The first-order chi connectivity index (χ1) is 18.9. The van der Waals surface area contributed by atoms with Gasteiger partial charge in [0, 0.05) is 6.54 Å². The van der Waals surface area contributed by atoms with Crippen molar-refractivity contribution in [3.8, 4) is 5.75 Å². The summed E-state index contributed by atoms with van der Waals surface area (Å²) in [6.45, 7) is 2.97. The standard InChI is InChI=1S/C32H26Cl2N2O2S/c1-22-7-12-26(13-8-22)35-32-36(18-17-23-5-3-2-4-6-23)31(37)30(39-32)20-24-9-14-27(15-10-24)38-21-25-11-16-28(33)29(34)19-25/h2-16,19-20H,17-18,21H2,1H3/b30-20+,35-32?. The number of aryl methyl sites for hydroxylation is 1. The van der Waals surface area contributed by atoms with E-state index in [1.165, 1.54) is 22.9 Å². The Morgan fingerprint density at radius 3 is 2.33 bits per heavy atom. The lowest BCUT2D eigenvalue weighted by molar-refractivity contribution is -0.122. The molecule has 39 heavy (non-hydrogen) atoms. The monoisotopic (exact) mass is 572 g/mol. The van der Waals surface area contributed by atoms with Crippen LogP contribution in [-0.4, -0.2) is 22.5 Å². The smallest absolute Gasteiger partial charge is 0.266 e. The van der Waals surface area contributed by atoms with Crippen LogP contribution in [0.4, 0.5) is 5.69 Å². The zero-order valence-electron chi connectivity index (χ0n) is 21.3. The lowest BCUT2D eigenvalue weighted by Gasteiger charge is -2.15. The van der Waals surface area contributed by atoms with Crippen LogP contribution in [0.2, 0.25) is 10.0 Å². The van der Waals surface area contributed by atoms with E-state index in [2.05, 4.69) is 12.1 Å². The Morgan fingerprint density at radius 1 is 0.872 bits per heavy atom. The highest BCUT2D eigenvalue weighted by Crippen LogP contribution is 2.34. The molecule has 7 heteroatoms. The summed E-state index contributed by atoms with van der Waals surface area (Å²) in [4.78, 5) is 20.7. The number of carbonyl (C=O) groups excluding carboxylic acids is 1. The van der Waals surface area contributed by atoms with Crippen molar-refractivity contribution in [2.75, 3.05) is 6.54 Å². The summed E-state index contributed by atoms with van der Waals surface area (Å²) in [6, 6.07) is 31.3. The molecule has 1 saturated heterocycles. The number of hydrogen-bond donors (Lipinski definition) is 0. The molecule has 0 aromatic heterocycles. The number of nitrogens with zero attached hydrogens (tertiary/aromatic N) is 2. The van der Waals surface area contributed by atoms with Crippen molar-refractivity contribution in [1.29, 1.82) is 0 Å². The van der Waals surface area contributed by atoms with Gasteiger partial charge >= 0.3 is 0 Å². The normalized spacial score (nSPS) is 15.4. The minimum Gasteiger partial charge on any atom is -0.489 e. The Hall–Kier alpha value is -3.51. The van der Waals surface area contributed by atoms with E-state index in [1.54, 1.807) is 17.0 Å². The van der Waals surface area contributed by atoms with Crippen molar-refractivity contribution in [2.24, 2.45) is 4.99 Å². The van der Waals surface area contributed by atoms with Gasteiger partial charge in [-0.3, -0.25) is 9.69 Å². The van der Waals surface area contributed by atoms with E-state index >= 15 is 0 Å². The average molecular weight is 574 g/mol. The lowest BCUT2D eigenvalue weighted by atomic mass is 10.1. The molecule has 0 bridgehead atoms. The second-order valence-corrected chi connectivity index (χ2v) is 11.0. The molecule has 0 aliphatic carbocycles. The van der Waals surface area contributed by atoms with Gasteiger partial charge in [0.15, 0.2) is 5.17 Å². The summed E-state index contributed by atoms with van der Waals surface area (Å²) in [7, 11) is 0. The summed E-state index contributed by atoms with van der Waals surface area (Å²) < 4.78 is 5.89. The van der Waals surface area contributed by atoms with Gasteiger partial charge in [-0.2, -0.15) is 0 Å². The maximum atomic E-state index is 13.5. The van der Waals surface area contributed by atoms with Crippen LogP contribution < -0.4 is 4.74 Å². The van der Waals surface area contributed by atoms with Gasteiger partial charge in [0.1, 0.15) is 12.4 Å². The molecule has 4 nitrogen and oxygen atoms in total. The van der Waals surface area contributed by atoms with Crippen LogP contribution in [-0.2, 0) is 17.8 Å². The van der Waals surface area contributed by atoms with Crippen LogP contribution in [0.25, 0.3) is 6.08 Å². The molecule has 196 valence electrons. The number of benzene rings is 4. The highest BCUT2D eigenvalue weighted by atomic mass is 35.5. The van der Waals surface area contributed by atoms with Crippen LogP contribution >= 0.6 is 35.0 Å². The summed E-state index contributed by atoms with van der Waals surface area (Å²) in [5.41, 5.74) is 5.01. The van der Waals surface area contributed by atoms with Crippen LogP contribution in [0.3, 0.4) is 0 Å². The number of halogens is 2. The van der Waals surface area contributed by atoms with Crippen molar-refractivity contribution in [3.63, 3.8) is 0 Å². The first kappa shape index (κ1) is 27.1. The van der Waals surface area contributed by atoms with Gasteiger partial charge in [0.05, 0.1) is 20.6 Å². The summed E-state index contributed by atoms with van der Waals surface area (Å²) in [5, 5.41) is 1.71. The molecule has 4 aromatic rings. The number of carbonyl (C=O) groups is 1. The molecule has 0 atom stereocenters. The van der Waals surface area contributed by atoms with E-state index in [9.17, 15) is 4.79 Å². The van der Waals surface area contributed by atoms with E-state index < -0.39 is 0 Å². The highest BCUT2D eigenvalue weighted by Gasteiger charge is 2.33. The Labute approximate surface area is 242 Å². The largest absolute Gasteiger partial charge is 0.489 e. The minimum atomic E-state index is -0.0401. The number of thioether (sulfide) groups is 1. The van der Waals surface area contributed by atoms with E-state index in [4.69, 9.17) is 32.9 Å². The fourth-order valence-corrected chi connectivity index (χ4v) is 5.36. The third-order valence-corrected chi connectivity index (χ3v) is 7.93. The molecule has 0 spiro atoms. The number of hydrogen-bond acceptors (Lipinski definition) is 4. The fourth-order valence-electron chi connectivity index (χ4n) is 4.01. The van der Waals surface area contributed by atoms with Crippen molar-refractivity contribution < 1.29 is 9.53 Å². The number of amides is 1. The fraction of sp³-hybridized carbons (Fsp3) is 0.125. The molecule has 1 aliphatic rings. The van der Waals surface area contributed by atoms with Gasteiger partial charge in [-0.1, -0.05) is 89.4 Å². The van der Waals surface area contributed by atoms with Crippen LogP contribution in [0.15, 0.2) is 107 Å². The molecular formula is C32H26Cl2N2O2S. The van der Waals surface area contributed by atoms with E-state index in [-0.39, 0.29) is 5.91 Å². The maximum absolute atomic E-state index is 13.5. The van der Waals surface area contributed by atoms with Gasteiger partial charge in [0.2, 0.25) is 0 Å². The van der Waals surface area contributed by atoms with Gasteiger partial charge in [-0.05, 0) is 84.3 Å². The van der Waals surface area contributed by atoms with Gasteiger partial charge < -0.3 is 4.74 Å². The Bertz CT molecular complexity index is 1520. The number of aliphatic imine (C=N–C) groups is 1. The third kappa shape index (κ3) is 7.12. The molecule has 0 radical (unpaired) electrons. The van der Waals surface area contributed by atoms with Gasteiger partial charge in [0.25, 0.3) is 5.91 Å². The van der Waals surface area contributed by atoms with Crippen LogP contribution in [0.1, 0.15) is 22.3 Å². The SMILES string of the molecule is Cc1ccc(N=C2S/C(=C/c3ccc(OCc4ccc(Cl)c(Cl)c4)cc3)C(=O)N2CCc2ccccc2)cc1. The molecule has 1 amide bonds. The first-order valence-electron chi connectivity index (χ1n) is 12.5. The van der Waals surface area contributed by atoms with Gasteiger partial charge in [-0.15, -0.1) is 0 Å². The van der Waals surface area contributed by atoms with Crippen molar-refractivity contribution >= 4 is 57.8 Å². The highest BCUT2D eigenvalue weighted by molar-refractivity contribution is 8.18. The van der Waals surface area contributed by atoms with Crippen molar-refractivity contribution in [2.45, 2.75) is 20.0 Å². The number of rotatable bonds is 8. The van der Waals surface area contributed by atoms with Crippen molar-refractivity contribution in [1.82, 2.24) is 4.90 Å².